The minimum Gasteiger partial charge on any atom is -0.428 e. The lowest BCUT2D eigenvalue weighted by atomic mass is 9.91. The number of benzene rings is 1. The number of halogens is 1. The normalized spacial score (nSPS) is 22.3. The number of unbranched alkanes of at least 4 members (excludes halogenated alkanes) is 1. The van der Waals surface area contributed by atoms with Crippen molar-refractivity contribution in [3.63, 3.8) is 0 Å². The molecule has 0 spiro atoms. The number of aliphatic imine (C=N–C) groups is 1. The van der Waals surface area contributed by atoms with Gasteiger partial charge in [-0.1, -0.05) is 35.9 Å². The maximum absolute atomic E-state index is 14.7. The minimum absolute atomic E-state index is 0.0613. The molecule has 1 aromatic carbocycles. The Bertz CT molecular complexity index is 1300. The molecule has 4 aliphatic rings. The molecule has 2 bridgehead atoms. The van der Waals surface area contributed by atoms with Gasteiger partial charge >= 0.3 is 5.97 Å². The molecule has 5 rings (SSSR count). The zero-order chi connectivity index (χ0) is 30.0. The number of nitrogens with one attached hydrogen (secondary N) is 2. The summed E-state index contributed by atoms with van der Waals surface area (Å²) in [7, 11) is 1.53. The number of carbonyl (C=O) groups excluding carboxylic acids is 1. The Morgan fingerprint density at radius 2 is 2.00 bits per heavy atom. The fraction of sp³-hybridized carbons (Fsp3) is 0.543. The number of allylic oxidation sites excluding steroid dienone is 7. The van der Waals surface area contributed by atoms with Crippen LogP contribution in [-0.4, -0.2) is 68.7 Å². The van der Waals surface area contributed by atoms with Crippen molar-refractivity contribution in [1.29, 1.82) is 0 Å². The summed E-state index contributed by atoms with van der Waals surface area (Å²) in [6, 6.07) is 7.39. The van der Waals surface area contributed by atoms with Crippen LogP contribution in [0.3, 0.4) is 0 Å². The predicted molar refractivity (Wildman–Crippen MR) is 171 cm³/mol. The molecule has 0 saturated heterocycles. The Morgan fingerprint density at radius 3 is 2.88 bits per heavy atom. The average Bonchev–Trinajstić information content (AvgIpc) is 2.99. The zero-order valence-electron chi connectivity index (χ0n) is 25.8. The van der Waals surface area contributed by atoms with Crippen LogP contribution in [0.25, 0.3) is 0 Å². The summed E-state index contributed by atoms with van der Waals surface area (Å²) >= 11 is 0. The van der Waals surface area contributed by atoms with Gasteiger partial charge in [0.25, 0.3) is 0 Å². The van der Waals surface area contributed by atoms with Crippen molar-refractivity contribution >= 4 is 17.4 Å². The highest BCUT2D eigenvalue weighted by Crippen LogP contribution is 2.29. The summed E-state index contributed by atoms with van der Waals surface area (Å²) in [5.41, 5.74) is 8.65. The Hall–Kier alpha value is -3.23. The van der Waals surface area contributed by atoms with Crippen LogP contribution in [0, 0.1) is 0 Å². The molecule has 0 radical (unpaired) electrons. The van der Waals surface area contributed by atoms with E-state index >= 15 is 0 Å². The van der Waals surface area contributed by atoms with Crippen LogP contribution in [0.5, 0.6) is 0 Å². The van der Waals surface area contributed by atoms with E-state index in [1.165, 1.54) is 35.9 Å². The van der Waals surface area contributed by atoms with Gasteiger partial charge in [0.1, 0.15) is 18.0 Å². The third-order valence-electron chi connectivity index (χ3n) is 8.88. The summed E-state index contributed by atoms with van der Waals surface area (Å²) in [4.78, 5) is 20.2. The van der Waals surface area contributed by atoms with E-state index in [-0.39, 0.29) is 19.1 Å². The number of nitrogens with zero attached hydrogens (tertiary/aromatic N) is 2. The first-order chi connectivity index (χ1) is 21.0. The lowest BCUT2D eigenvalue weighted by Gasteiger charge is -2.27. The number of esters is 1. The molecule has 1 aliphatic carbocycles. The standard InChI is InChI=1S/C35H47FN4O3/c1-25-12-16-31-27(9-7-19-37-31)14-13-26(25)8-5-6-20-40(23-28(36)24-42-2)21-18-34-35(41)43-29-15-17-33(39-34)30-10-3-4-11-32(30)38-22-29/h3-4,10-11,13-14,22,28,34,37-38H,5-9,12,15-21,23-24H2,1-2H3/b14-13?,26-25?,29-22-,39-33?/t28-,34-/m0/s1. The quantitative estimate of drug-likeness (QED) is 0.211. The number of hydrogen-bond donors (Lipinski definition) is 2. The average molecular weight is 591 g/mol. The van der Waals surface area contributed by atoms with Crippen LogP contribution in [0.1, 0.15) is 76.7 Å². The first-order valence-electron chi connectivity index (χ1n) is 16.0. The van der Waals surface area contributed by atoms with Gasteiger partial charge in [-0.05, 0) is 88.5 Å². The van der Waals surface area contributed by atoms with Crippen molar-refractivity contribution in [2.24, 2.45) is 4.99 Å². The first kappa shape index (κ1) is 31.2. The molecular weight excluding hydrogens is 543 g/mol. The van der Waals surface area contributed by atoms with Gasteiger partial charge in [-0.25, -0.2) is 9.18 Å². The van der Waals surface area contributed by atoms with Gasteiger partial charge in [-0.3, -0.25) is 4.99 Å². The summed E-state index contributed by atoms with van der Waals surface area (Å²) < 4.78 is 25.6. The van der Waals surface area contributed by atoms with E-state index in [0.29, 0.717) is 31.6 Å². The molecule has 2 atom stereocenters. The molecule has 0 fully saturated rings. The van der Waals surface area contributed by atoms with Crippen LogP contribution < -0.4 is 10.6 Å². The molecule has 0 unspecified atom stereocenters. The van der Waals surface area contributed by atoms with Gasteiger partial charge in [0, 0.05) is 62.0 Å². The summed E-state index contributed by atoms with van der Waals surface area (Å²) in [6.07, 6.45) is 14.7. The van der Waals surface area contributed by atoms with E-state index in [2.05, 4.69) is 34.6 Å². The maximum atomic E-state index is 14.7. The Morgan fingerprint density at radius 1 is 1.12 bits per heavy atom. The topological polar surface area (TPSA) is 75.2 Å². The number of ether oxygens (including phenoxy) is 2. The highest BCUT2D eigenvalue weighted by atomic mass is 19.1. The molecule has 1 aromatic rings. The van der Waals surface area contributed by atoms with Gasteiger partial charge < -0.3 is 25.0 Å². The van der Waals surface area contributed by atoms with Crippen molar-refractivity contribution < 1.29 is 18.7 Å². The second kappa shape index (κ2) is 15.5. The van der Waals surface area contributed by atoms with E-state index in [1.54, 1.807) is 6.20 Å². The van der Waals surface area contributed by atoms with Crippen molar-refractivity contribution in [2.45, 2.75) is 83.3 Å². The van der Waals surface area contributed by atoms with Crippen LogP contribution in [0.2, 0.25) is 0 Å². The van der Waals surface area contributed by atoms with E-state index in [4.69, 9.17) is 14.5 Å². The van der Waals surface area contributed by atoms with E-state index in [0.717, 1.165) is 68.6 Å². The van der Waals surface area contributed by atoms with E-state index < -0.39 is 12.2 Å². The Kier molecular flexibility index (Phi) is 11.2. The summed E-state index contributed by atoms with van der Waals surface area (Å²) in [6.45, 7) is 5.00. The highest BCUT2D eigenvalue weighted by molar-refractivity contribution is 6.06. The lowest BCUT2D eigenvalue weighted by molar-refractivity contribution is -0.141. The van der Waals surface area contributed by atoms with Crippen molar-refractivity contribution in [2.75, 3.05) is 45.2 Å². The number of anilines is 1. The van der Waals surface area contributed by atoms with E-state index in [9.17, 15) is 9.18 Å². The molecule has 0 saturated carbocycles. The largest absolute Gasteiger partial charge is 0.428 e. The van der Waals surface area contributed by atoms with Gasteiger partial charge in [0.2, 0.25) is 0 Å². The monoisotopic (exact) mass is 590 g/mol. The number of para-hydroxylation sites is 1. The van der Waals surface area contributed by atoms with Gasteiger partial charge in [0.15, 0.2) is 0 Å². The Balaban J connectivity index is 1.21. The number of methoxy groups -OCH3 is 1. The van der Waals surface area contributed by atoms with Gasteiger partial charge in [0.05, 0.1) is 6.61 Å². The molecule has 3 heterocycles. The number of alkyl halides is 1. The zero-order valence-corrected chi connectivity index (χ0v) is 25.8. The second-order valence-corrected chi connectivity index (χ2v) is 12.1. The van der Waals surface area contributed by atoms with Gasteiger partial charge in [-0.15, -0.1) is 0 Å². The molecule has 43 heavy (non-hydrogen) atoms. The SMILES string of the molecule is COC[C@@H](F)CN(CCCCC1=C(C)CCC2=C(C=C1)CCCN2)CC[C@@H]1N=C2CC/C(=C/Nc3ccccc32)OC1=O. The fourth-order valence-electron chi connectivity index (χ4n) is 6.39. The van der Waals surface area contributed by atoms with Crippen molar-refractivity contribution in [3.05, 3.63) is 76.4 Å². The Labute approximate surface area is 256 Å². The smallest absolute Gasteiger partial charge is 0.336 e. The molecule has 7 nitrogen and oxygen atoms in total. The number of fused-ring (bicyclic) bond motifs is 5. The summed E-state index contributed by atoms with van der Waals surface area (Å²) in [5, 5.41) is 6.86. The molecular formula is C35H47FN4O3. The van der Waals surface area contributed by atoms with Crippen LogP contribution in [0.4, 0.5) is 10.1 Å². The van der Waals surface area contributed by atoms with Gasteiger partial charge in [-0.2, -0.15) is 0 Å². The van der Waals surface area contributed by atoms with Crippen molar-refractivity contribution in [1.82, 2.24) is 10.2 Å². The van der Waals surface area contributed by atoms with Crippen molar-refractivity contribution in [3.8, 4) is 0 Å². The maximum Gasteiger partial charge on any atom is 0.336 e. The minimum atomic E-state index is -1.09. The molecule has 2 N–H and O–H groups in total. The van der Waals surface area contributed by atoms with Crippen LogP contribution in [0.15, 0.2) is 75.8 Å². The highest BCUT2D eigenvalue weighted by Gasteiger charge is 2.28. The summed E-state index contributed by atoms with van der Waals surface area (Å²) in [5.74, 6) is 0.279. The molecule has 0 amide bonds. The molecule has 232 valence electrons. The predicted octanol–water partition coefficient (Wildman–Crippen LogP) is 6.60. The lowest BCUT2D eigenvalue weighted by Crippen LogP contribution is -2.37. The second-order valence-electron chi connectivity index (χ2n) is 12.1. The van der Waals surface area contributed by atoms with E-state index in [1.807, 2.05) is 24.3 Å². The number of carbonyl (C=O) groups is 1. The molecule has 8 heteroatoms. The van der Waals surface area contributed by atoms with Crippen LogP contribution >= 0.6 is 0 Å². The third-order valence-corrected chi connectivity index (χ3v) is 8.88. The number of hydrogen-bond acceptors (Lipinski definition) is 7. The number of rotatable bonds is 12. The third kappa shape index (κ3) is 8.67. The molecule has 0 aromatic heterocycles. The first-order valence-corrected chi connectivity index (χ1v) is 16.0. The fourth-order valence-corrected chi connectivity index (χ4v) is 6.39. The van der Waals surface area contributed by atoms with Crippen LogP contribution in [-0.2, 0) is 14.3 Å². The molecule has 3 aliphatic heterocycles.